The first-order valence-corrected chi connectivity index (χ1v) is 9.13. The van der Waals surface area contributed by atoms with E-state index in [0.717, 1.165) is 70.9 Å². The maximum Gasteiger partial charge on any atom is 0.141 e. The van der Waals surface area contributed by atoms with Crippen molar-refractivity contribution in [1.82, 2.24) is 10.1 Å². The number of anilines is 2. The molecular formula is C20H24N4O3. The highest BCUT2D eigenvalue weighted by Crippen LogP contribution is 2.40. The summed E-state index contributed by atoms with van der Waals surface area (Å²) in [5.74, 6) is 1.47. The zero-order chi connectivity index (χ0) is 19.0. The topological polar surface area (TPSA) is 95.4 Å². The minimum atomic E-state index is 0.219. The number of nitrogens with one attached hydrogen (secondary N) is 1. The second-order valence-corrected chi connectivity index (χ2v) is 6.87. The highest BCUT2D eigenvalue weighted by Gasteiger charge is 2.20. The van der Waals surface area contributed by atoms with Crippen LogP contribution in [0.15, 0.2) is 22.9 Å². The van der Waals surface area contributed by atoms with Crippen molar-refractivity contribution in [2.45, 2.75) is 32.8 Å². The Morgan fingerprint density at radius 3 is 2.85 bits per heavy atom. The summed E-state index contributed by atoms with van der Waals surface area (Å²) in [6.07, 6.45) is 4.07. The number of benzene rings is 1. The van der Waals surface area contributed by atoms with Gasteiger partial charge in [0.1, 0.15) is 11.5 Å². The van der Waals surface area contributed by atoms with Gasteiger partial charge in [-0.2, -0.15) is 0 Å². The molecule has 27 heavy (non-hydrogen) atoms. The van der Waals surface area contributed by atoms with Gasteiger partial charge in [-0.15, -0.1) is 0 Å². The molecule has 7 nitrogen and oxygen atoms in total. The molecule has 3 N–H and O–H groups in total. The van der Waals surface area contributed by atoms with E-state index in [4.69, 9.17) is 19.7 Å². The van der Waals surface area contributed by atoms with Crippen LogP contribution in [0.3, 0.4) is 0 Å². The van der Waals surface area contributed by atoms with Gasteiger partial charge < -0.3 is 25.0 Å². The average Bonchev–Trinajstić information content (AvgIpc) is 3.30. The van der Waals surface area contributed by atoms with E-state index in [1.807, 2.05) is 26.0 Å². The molecule has 0 radical (unpaired) electrons. The molecule has 7 heteroatoms. The summed E-state index contributed by atoms with van der Waals surface area (Å²) in [7, 11) is 1.65. The molecule has 0 saturated carbocycles. The van der Waals surface area contributed by atoms with Crippen molar-refractivity contribution in [2.75, 3.05) is 31.3 Å². The van der Waals surface area contributed by atoms with Crippen LogP contribution in [0.4, 0.5) is 11.4 Å². The molecule has 0 bridgehead atoms. The van der Waals surface area contributed by atoms with E-state index in [-0.39, 0.29) is 6.10 Å². The number of hydrogen-bond donors (Lipinski definition) is 2. The number of hydrogen-bond acceptors (Lipinski definition) is 7. The summed E-state index contributed by atoms with van der Waals surface area (Å²) in [6.45, 7) is 5.36. The Hall–Kier alpha value is -2.80. The lowest BCUT2D eigenvalue weighted by atomic mass is 10.00. The average molecular weight is 368 g/mol. The number of fused-ring (bicyclic) bond motifs is 1. The van der Waals surface area contributed by atoms with E-state index in [0.29, 0.717) is 5.69 Å². The zero-order valence-electron chi connectivity index (χ0n) is 15.8. The van der Waals surface area contributed by atoms with Gasteiger partial charge in [0.05, 0.1) is 47.6 Å². The third kappa shape index (κ3) is 3.19. The SMILES string of the molecule is COc1cc2c(NC[C@@H]3CCCO3)c(N)cnc2cc1-c1c(C)noc1C. The summed E-state index contributed by atoms with van der Waals surface area (Å²) in [4.78, 5) is 4.52. The molecule has 1 saturated heterocycles. The Balaban J connectivity index is 1.80. The maximum absolute atomic E-state index is 6.21. The van der Waals surface area contributed by atoms with Crippen LogP contribution in [0.2, 0.25) is 0 Å². The van der Waals surface area contributed by atoms with Crippen molar-refractivity contribution in [3.05, 3.63) is 29.8 Å². The van der Waals surface area contributed by atoms with Gasteiger partial charge in [0.15, 0.2) is 0 Å². The molecule has 3 aromatic rings. The number of pyridine rings is 1. The molecule has 2 aromatic heterocycles. The number of aromatic nitrogens is 2. The molecular weight excluding hydrogens is 344 g/mol. The second-order valence-electron chi connectivity index (χ2n) is 6.87. The summed E-state index contributed by atoms with van der Waals surface area (Å²) < 4.78 is 16.7. The molecule has 0 spiro atoms. The van der Waals surface area contributed by atoms with Gasteiger partial charge in [0.25, 0.3) is 0 Å². The summed E-state index contributed by atoms with van der Waals surface area (Å²) in [5, 5.41) is 8.42. The molecule has 0 aliphatic carbocycles. The largest absolute Gasteiger partial charge is 0.496 e. The Bertz CT molecular complexity index is 958. The Morgan fingerprint density at radius 2 is 2.19 bits per heavy atom. The normalized spacial score (nSPS) is 16.8. The van der Waals surface area contributed by atoms with Gasteiger partial charge in [-0.1, -0.05) is 5.16 Å². The first kappa shape index (κ1) is 17.6. The summed E-state index contributed by atoms with van der Waals surface area (Å²) >= 11 is 0. The lowest BCUT2D eigenvalue weighted by Gasteiger charge is -2.17. The molecule has 0 amide bonds. The van der Waals surface area contributed by atoms with E-state index in [2.05, 4.69) is 15.5 Å². The molecule has 1 atom stereocenters. The van der Waals surface area contributed by atoms with Crippen molar-refractivity contribution in [2.24, 2.45) is 0 Å². The van der Waals surface area contributed by atoms with Gasteiger partial charge in [-0.05, 0) is 38.8 Å². The van der Waals surface area contributed by atoms with E-state index >= 15 is 0 Å². The molecule has 4 rings (SSSR count). The third-order valence-electron chi connectivity index (χ3n) is 5.05. The van der Waals surface area contributed by atoms with Crippen LogP contribution in [0.1, 0.15) is 24.3 Å². The minimum absolute atomic E-state index is 0.219. The van der Waals surface area contributed by atoms with Crippen molar-refractivity contribution in [3.63, 3.8) is 0 Å². The fourth-order valence-electron chi connectivity index (χ4n) is 3.68. The molecule has 142 valence electrons. The van der Waals surface area contributed by atoms with Gasteiger partial charge in [0.2, 0.25) is 0 Å². The highest BCUT2D eigenvalue weighted by atomic mass is 16.5. The number of aryl methyl sites for hydroxylation is 2. The maximum atomic E-state index is 6.21. The lowest BCUT2D eigenvalue weighted by molar-refractivity contribution is 0.120. The van der Waals surface area contributed by atoms with Crippen molar-refractivity contribution < 1.29 is 14.0 Å². The van der Waals surface area contributed by atoms with E-state index in [1.165, 1.54) is 0 Å². The number of rotatable bonds is 5. The van der Waals surface area contributed by atoms with Crippen LogP contribution in [-0.4, -0.2) is 36.5 Å². The summed E-state index contributed by atoms with van der Waals surface area (Å²) in [5.41, 5.74) is 11.2. The molecule has 1 aliphatic rings. The monoisotopic (exact) mass is 368 g/mol. The highest BCUT2D eigenvalue weighted by molar-refractivity contribution is 6.00. The van der Waals surface area contributed by atoms with Crippen LogP contribution in [0.5, 0.6) is 5.75 Å². The fourth-order valence-corrected chi connectivity index (χ4v) is 3.68. The zero-order valence-corrected chi connectivity index (χ0v) is 15.8. The smallest absolute Gasteiger partial charge is 0.141 e. The number of methoxy groups -OCH3 is 1. The van der Waals surface area contributed by atoms with Crippen LogP contribution in [-0.2, 0) is 4.74 Å². The van der Waals surface area contributed by atoms with Crippen LogP contribution in [0.25, 0.3) is 22.0 Å². The van der Waals surface area contributed by atoms with Crippen molar-refractivity contribution in [1.29, 1.82) is 0 Å². The molecule has 1 fully saturated rings. The quantitative estimate of drug-likeness (QED) is 0.709. The van der Waals surface area contributed by atoms with Crippen LogP contribution >= 0.6 is 0 Å². The van der Waals surface area contributed by atoms with Crippen molar-refractivity contribution >= 4 is 22.3 Å². The molecule has 1 aliphatic heterocycles. The Morgan fingerprint density at radius 1 is 1.33 bits per heavy atom. The predicted octanol–water partition coefficient (Wildman–Crippen LogP) is 3.69. The number of nitrogens with two attached hydrogens (primary N) is 1. The Kier molecular flexibility index (Phi) is 4.61. The van der Waals surface area contributed by atoms with Crippen LogP contribution < -0.4 is 15.8 Å². The van der Waals surface area contributed by atoms with Gasteiger partial charge in [-0.25, -0.2) is 0 Å². The lowest BCUT2D eigenvalue weighted by Crippen LogP contribution is -2.19. The first-order valence-electron chi connectivity index (χ1n) is 9.13. The molecule has 1 aromatic carbocycles. The predicted molar refractivity (Wildman–Crippen MR) is 105 cm³/mol. The minimum Gasteiger partial charge on any atom is -0.496 e. The standard InChI is InChI=1S/C20H24N4O3/c1-11-19(12(2)27-24-11)15-7-17-14(8-18(15)25-3)20(16(21)10-22-17)23-9-13-5-4-6-26-13/h7-8,10,13H,4-6,9,21H2,1-3H3,(H,22,23)/t13-/m0/s1. The number of ether oxygens (including phenoxy) is 2. The van der Waals surface area contributed by atoms with Crippen molar-refractivity contribution in [3.8, 4) is 16.9 Å². The van der Waals surface area contributed by atoms with E-state index in [9.17, 15) is 0 Å². The van der Waals surface area contributed by atoms with Crippen LogP contribution in [0, 0.1) is 13.8 Å². The van der Waals surface area contributed by atoms with Gasteiger partial charge in [0, 0.05) is 24.1 Å². The number of nitrogen functional groups attached to an aromatic ring is 1. The van der Waals surface area contributed by atoms with E-state index < -0.39 is 0 Å². The molecule has 0 unspecified atom stereocenters. The van der Waals surface area contributed by atoms with Gasteiger partial charge in [-0.3, -0.25) is 4.98 Å². The molecule has 3 heterocycles. The summed E-state index contributed by atoms with van der Waals surface area (Å²) in [6, 6.07) is 3.97. The fraction of sp³-hybridized carbons (Fsp3) is 0.400. The second kappa shape index (κ2) is 7.08. The Labute approximate surface area is 157 Å². The third-order valence-corrected chi connectivity index (χ3v) is 5.05. The number of nitrogens with zero attached hydrogens (tertiary/aromatic N) is 2. The van der Waals surface area contributed by atoms with E-state index in [1.54, 1.807) is 13.3 Å². The first-order chi connectivity index (χ1) is 13.1. The van der Waals surface area contributed by atoms with Gasteiger partial charge >= 0.3 is 0 Å².